The molecule has 0 radical (unpaired) electrons. The third-order valence-electron chi connectivity index (χ3n) is 2.97. The predicted molar refractivity (Wildman–Crippen MR) is 93.3 cm³/mol. The highest BCUT2D eigenvalue weighted by atomic mass is 79.9. The Hall–Kier alpha value is -1.62. The lowest BCUT2D eigenvalue weighted by molar-refractivity contribution is 0.0636. The molecule has 1 N–H and O–H groups in total. The summed E-state index contributed by atoms with van der Waals surface area (Å²) in [5, 5.41) is 3.73. The summed E-state index contributed by atoms with van der Waals surface area (Å²) in [6.45, 7) is 7.64. The van der Waals surface area contributed by atoms with Crippen LogP contribution in [0, 0.1) is 0 Å². The van der Waals surface area contributed by atoms with Crippen molar-refractivity contribution in [3.63, 3.8) is 0 Å². The molecule has 4 nitrogen and oxygen atoms in total. The molecule has 0 unspecified atom stereocenters. The molecule has 0 aliphatic rings. The van der Waals surface area contributed by atoms with E-state index >= 15 is 0 Å². The van der Waals surface area contributed by atoms with Gasteiger partial charge in [-0.05, 0) is 51.5 Å². The van der Waals surface area contributed by atoms with Gasteiger partial charge in [0.2, 0.25) is 0 Å². The molecule has 0 fully saturated rings. The molecule has 0 aliphatic carbocycles. The number of aromatic nitrogens is 1. The lowest BCUT2D eigenvalue weighted by Gasteiger charge is -2.20. The molecule has 1 aromatic carbocycles. The molecule has 0 saturated heterocycles. The Morgan fingerprint density at radius 1 is 1.32 bits per heavy atom. The minimum absolute atomic E-state index is 0.456. The van der Waals surface area contributed by atoms with Crippen LogP contribution in [0.2, 0.25) is 0 Å². The first-order valence-corrected chi connectivity index (χ1v) is 8.17. The fourth-order valence-corrected chi connectivity index (χ4v) is 2.52. The zero-order valence-electron chi connectivity index (χ0n) is 13.4. The van der Waals surface area contributed by atoms with E-state index < -0.39 is 11.7 Å². The van der Waals surface area contributed by atoms with Crippen molar-refractivity contribution >= 4 is 38.6 Å². The molecule has 5 heteroatoms. The Kier molecular flexibility index (Phi) is 5.06. The van der Waals surface area contributed by atoms with Crippen molar-refractivity contribution in [1.82, 2.24) is 4.98 Å². The molecule has 0 aliphatic heterocycles. The highest BCUT2D eigenvalue weighted by Gasteiger charge is 2.17. The van der Waals surface area contributed by atoms with Crippen LogP contribution in [-0.4, -0.2) is 16.7 Å². The Morgan fingerprint density at radius 3 is 2.68 bits per heavy atom. The monoisotopic (exact) mass is 364 g/mol. The SMILES string of the molecule is CCCc1cc(NC(=O)OC(C)(C)C)c2cc(Br)ccc2n1. The average Bonchev–Trinajstić information content (AvgIpc) is 2.37. The van der Waals surface area contributed by atoms with E-state index in [1.807, 2.05) is 45.0 Å². The van der Waals surface area contributed by atoms with Crippen LogP contribution in [0.5, 0.6) is 0 Å². The molecule has 2 rings (SSSR count). The fourth-order valence-electron chi connectivity index (χ4n) is 2.15. The summed E-state index contributed by atoms with van der Waals surface area (Å²) in [7, 11) is 0. The van der Waals surface area contributed by atoms with E-state index in [1.165, 1.54) is 0 Å². The highest BCUT2D eigenvalue weighted by Crippen LogP contribution is 2.27. The maximum Gasteiger partial charge on any atom is 0.412 e. The Balaban J connectivity index is 2.41. The second-order valence-corrected chi connectivity index (χ2v) is 7.12. The topological polar surface area (TPSA) is 51.2 Å². The molecule has 1 aromatic heterocycles. The van der Waals surface area contributed by atoms with E-state index in [0.29, 0.717) is 0 Å². The minimum atomic E-state index is -0.528. The van der Waals surface area contributed by atoms with E-state index in [1.54, 1.807) is 0 Å². The first-order valence-electron chi connectivity index (χ1n) is 7.37. The molecule has 22 heavy (non-hydrogen) atoms. The third-order valence-corrected chi connectivity index (χ3v) is 3.46. The van der Waals surface area contributed by atoms with Gasteiger partial charge in [-0.1, -0.05) is 29.3 Å². The number of aryl methyl sites for hydroxylation is 1. The summed E-state index contributed by atoms with van der Waals surface area (Å²) >= 11 is 3.46. The van der Waals surface area contributed by atoms with E-state index in [2.05, 4.69) is 33.2 Å². The molecule has 0 saturated carbocycles. The summed E-state index contributed by atoms with van der Waals surface area (Å²) < 4.78 is 6.28. The number of hydrogen-bond donors (Lipinski definition) is 1. The van der Waals surface area contributed by atoms with Crippen molar-refractivity contribution < 1.29 is 9.53 Å². The van der Waals surface area contributed by atoms with Crippen LogP contribution in [-0.2, 0) is 11.2 Å². The molecule has 0 atom stereocenters. The number of benzene rings is 1. The highest BCUT2D eigenvalue weighted by molar-refractivity contribution is 9.10. The number of hydrogen-bond acceptors (Lipinski definition) is 3. The lowest BCUT2D eigenvalue weighted by atomic mass is 10.1. The number of carbonyl (C=O) groups excluding carboxylic acids is 1. The van der Waals surface area contributed by atoms with Gasteiger partial charge in [0.15, 0.2) is 0 Å². The van der Waals surface area contributed by atoms with Gasteiger partial charge in [0.1, 0.15) is 5.60 Å². The van der Waals surface area contributed by atoms with Crippen molar-refractivity contribution in [2.75, 3.05) is 5.32 Å². The Morgan fingerprint density at radius 2 is 2.05 bits per heavy atom. The number of ether oxygens (including phenoxy) is 1. The summed E-state index contributed by atoms with van der Waals surface area (Å²) in [5.41, 5.74) is 2.02. The van der Waals surface area contributed by atoms with E-state index in [-0.39, 0.29) is 0 Å². The van der Waals surface area contributed by atoms with Gasteiger partial charge in [-0.15, -0.1) is 0 Å². The third kappa shape index (κ3) is 4.44. The van der Waals surface area contributed by atoms with E-state index in [9.17, 15) is 4.79 Å². The molecule has 1 heterocycles. The normalized spacial score (nSPS) is 11.5. The van der Waals surface area contributed by atoms with Crippen molar-refractivity contribution in [2.24, 2.45) is 0 Å². The summed E-state index contributed by atoms with van der Waals surface area (Å²) in [4.78, 5) is 16.7. The van der Waals surface area contributed by atoms with Crippen LogP contribution < -0.4 is 5.32 Å². The minimum Gasteiger partial charge on any atom is -0.444 e. The Bertz CT molecular complexity index is 693. The maximum atomic E-state index is 12.1. The van der Waals surface area contributed by atoms with Crippen LogP contribution in [0.15, 0.2) is 28.7 Å². The first-order chi connectivity index (χ1) is 10.3. The van der Waals surface area contributed by atoms with Crippen LogP contribution in [0.25, 0.3) is 10.9 Å². The first kappa shape index (κ1) is 16.7. The number of rotatable bonds is 3. The number of pyridine rings is 1. The number of fused-ring (bicyclic) bond motifs is 1. The van der Waals surface area contributed by atoms with Gasteiger partial charge >= 0.3 is 6.09 Å². The number of anilines is 1. The second kappa shape index (κ2) is 6.65. The molecule has 2 aromatic rings. The van der Waals surface area contributed by atoms with Crippen molar-refractivity contribution in [2.45, 2.75) is 46.1 Å². The van der Waals surface area contributed by atoms with Gasteiger partial charge in [0.05, 0.1) is 11.2 Å². The molecule has 1 amide bonds. The zero-order chi connectivity index (χ0) is 16.3. The van der Waals surface area contributed by atoms with Crippen molar-refractivity contribution in [1.29, 1.82) is 0 Å². The fraction of sp³-hybridized carbons (Fsp3) is 0.412. The quantitative estimate of drug-likeness (QED) is 0.803. The van der Waals surface area contributed by atoms with Crippen LogP contribution in [0.1, 0.15) is 39.8 Å². The van der Waals surface area contributed by atoms with Gasteiger partial charge in [-0.25, -0.2) is 4.79 Å². The van der Waals surface area contributed by atoms with E-state index in [0.717, 1.165) is 39.6 Å². The van der Waals surface area contributed by atoms with Crippen LogP contribution in [0.3, 0.4) is 0 Å². The number of nitrogens with zero attached hydrogens (tertiary/aromatic N) is 1. The Labute approximate surface area is 139 Å². The molecular weight excluding hydrogens is 344 g/mol. The lowest BCUT2D eigenvalue weighted by Crippen LogP contribution is -2.27. The van der Waals surface area contributed by atoms with Gasteiger partial charge < -0.3 is 4.74 Å². The van der Waals surface area contributed by atoms with Gasteiger partial charge in [0.25, 0.3) is 0 Å². The van der Waals surface area contributed by atoms with Gasteiger partial charge in [-0.2, -0.15) is 0 Å². The summed E-state index contributed by atoms with van der Waals surface area (Å²) in [6, 6.07) is 7.76. The number of amides is 1. The summed E-state index contributed by atoms with van der Waals surface area (Å²) in [6.07, 6.45) is 1.41. The van der Waals surface area contributed by atoms with Crippen molar-refractivity contribution in [3.8, 4) is 0 Å². The number of carbonyl (C=O) groups is 1. The second-order valence-electron chi connectivity index (χ2n) is 6.20. The van der Waals surface area contributed by atoms with Crippen molar-refractivity contribution in [3.05, 3.63) is 34.4 Å². The molecular formula is C17H21BrN2O2. The van der Waals surface area contributed by atoms with Gasteiger partial charge in [0, 0.05) is 15.6 Å². The number of nitrogens with one attached hydrogen (secondary N) is 1. The molecule has 0 bridgehead atoms. The predicted octanol–water partition coefficient (Wildman–Crippen LogP) is 5.30. The largest absolute Gasteiger partial charge is 0.444 e. The zero-order valence-corrected chi connectivity index (χ0v) is 15.0. The van der Waals surface area contributed by atoms with Crippen LogP contribution in [0.4, 0.5) is 10.5 Å². The molecule has 0 spiro atoms. The summed E-state index contributed by atoms with van der Waals surface area (Å²) in [5.74, 6) is 0. The van der Waals surface area contributed by atoms with Crippen LogP contribution >= 0.6 is 15.9 Å². The van der Waals surface area contributed by atoms with E-state index in [4.69, 9.17) is 4.74 Å². The standard InChI is InChI=1S/C17H21BrN2O2/c1-5-6-12-10-15(20-16(21)22-17(2,3)4)13-9-11(18)7-8-14(13)19-12/h7-10H,5-6H2,1-4H3,(H,19,20,21). The smallest absolute Gasteiger partial charge is 0.412 e. The maximum absolute atomic E-state index is 12.1. The number of halogens is 1. The molecule has 118 valence electrons. The average molecular weight is 365 g/mol. The van der Waals surface area contributed by atoms with Gasteiger partial charge in [-0.3, -0.25) is 10.3 Å².